The minimum Gasteiger partial charge on any atom is -0.508 e. The van der Waals surface area contributed by atoms with Crippen LogP contribution in [0.1, 0.15) is 17.5 Å². The van der Waals surface area contributed by atoms with Crippen LogP contribution in [0.3, 0.4) is 0 Å². The lowest BCUT2D eigenvalue weighted by atomic mass is 9.83. The van der Waals surface area contributed by atoms with Crippen LogP contribution in [0.4, 0.5) is 0 Å². The molecule has 0 aliphatic carbocycles. The Kier molecular flexibility index (Phi) is 4.72. The van der Waals surface area contributed by atoms with Crippen LogP contribution in [0.2, 0.25) is 0 Å². The number of fused-ring (bicyclic) bond motifs is 2. The summed E-state index contributed by atoms with van der Waals surface area (Å²) < 4.78 is 37.8. The molecule has 5 rings (SSSR count). The van der Waals surface area contributed by atoms with Crippen molar-refractivity contribution in [2.75, 3.05) is 0 Å². The number of para-hydroxylation sites is 1. The maximum absolute atomic E-state index is 13.1. The molecule has 1 saturated heterocycles. The Morgan fingerprint density at radius 3 is 1.90 bits per heavy atom. The van der Waals surface area contributed by atoms with Crippen LogP contribution < -0.4 is 4.18 Å². The molecule has 2 bridgehead atoms. The third kappa shape index (κ3) is 3.56. The SMILES string of the molecule is O=S(=O)(Oc1ccccc1)C1C[C@H]2O[C@@H]1C(c1ccc(O)cc1)=C2c1ccc(O)cc1. The summed E-state index contributed by atoms with van der Waals surface area (Å²) in [4.78, 5) is 0. The van der Waals surface area contributed by atoms with Gasteiger partial charge in [0.05, 0.1) is 6.10 Å². The first-order chi connectivity index (χ1) is 14.9. The lowest BCUT2D eigenvalue weighted by Crippen LogP contribution is -2.35. The summed E-state index contributed by atoms with van der Waals surface area (Å²) >= 11 is 0. The quantitative estimate of drug-likeness (QED) is 0.588. The summed E-state index contributed by atoms with van der Waals surface area (Å²) in [6, 6.07) is 21.8. The van der Waals surface area contributed by atoms with E-state index in [1.807, 2.05) is 0 Å². The molecule has 0 amide bonds. The molecule has 31 heavy (non-hydrogen) atoms. The van der Waals surface area contributed by atoms with Crippen LogP contribution in [-0.4, -0.2) is 36.1 Å². The van der Waals surface area contributed by atoms with Gasteiger partial charge < -0.3 is 19.1 Å². The molecule has 3 aromatic carbocycles. The molecule has 158 valence electrons. The molecule has 3 aromatic rings. The van der Waals surface area contributed by atoms with E-state index in [1.165, 1.54) is 0 Å². The van der Waals surface area contributed by atoms with Crippen molar-refractivity contribution in [2.45, 2.75) is 23.9 Å². The first kappa shape index (κ1) is 19.7. The zero-order valence-corrected chi connectivity index (χ0v) is 17.2. The van der Waals surface area contributed by atoms with Gasteiger partial charge in [0, 0.05) is 6.42 Å². The lowest BCUT2D eigenvalue weighted by Gasteiger charge is -2.24. The third-order valence-corrected chi connectivity index (χ3v) is 7.28. The van der Waals surface area contributed by atoms with Crippen molar-refractivity contribution in [3.05, 3.63) is 90.0 Å². The van der Waals surface area contributed by atoms with Crippen LogP contribution >= 0.6 is 0 Å². The molecular formula is C24H20O6S. The minimum atomic E-state index is -3.95. The fraction of sp³-hybridized carbons (Fsp3) is 0.167. The molecule has 0 spiro atoms. The van der Waals surface area contributed by atoms with Gasteiger partial charge in [-0.1, -0.05) is 42.5 Å². The highest BCUT2D eigenvalue weighted by Gasteiger charge is 2.53. The zero-order valence-electron chi connectivity index (χ0n) is 16.4. The Bertz CT molecular complexity index is 1230. The molecule has 2 aliphatic rings. The van der Waals surface area contributed by atoms with Crippen LogP contribution in [0.5, 0.6) is 17.2 Å². The van der Waals surface area contributed by atoms with Gasteiger partial charge in [-0.3, -0.25) is 0 Å². The molecule has 0 radical (unpaired) electrons. The van der Waals surface area contributed by atoms with Crippen molar-refractivity contribution < 1.29 is 27.6 Å². The highest BCUT2D eigenvalue weighted by molar-refractivity contribution is 7.87. The van der Waals surface area contributed by atoms with Crippen LogP contribution in [0.15, 0.2) is 78.9 Å². The Morgan fingerprint density at radius 2 is 1.32 bits per heavy atom. The highest BCUT2D eigenvalue weighted by atomic mass is 32.2. The number of benzene rings is 3. The van der Waals surface area contributed by atoms with Crippen molar-refractivity contribution in [1.82, 2.24) is 0 Å². The Labute approximate surface area is 180 Å². The number of phenolic OH excluding ortho intramolecular Hbond substituents is 2. The van der Waals surface area contributed by atoms with Crippen molar-refractivity contribution in [3.63, 3.8) is 0 Å². The van der Waals surface area contributed by atoms with E-state index in [1.54, 1.807) is 78.9 Å². The monoisotopic (exact) mass is 436 g/mol. The fourth-order valence-electron chi connectivity index (χ4n) is 4.31. The average Bonchev–Trinajstić information content (AvgIpc) is 3.35. The normalized spacial score (nSPS) is 22.6. The lowest BCUT2D eigenvalue weighted by molar-refractivity contribution is 0.128. The largest absolute Gasteiger partial charge is 0.508 e. The van der Waals surface area contributed by atoms with E-state index in [0.29, 0.717) is 0 Å². The van der Waals surface area contributed by atoms with Crippen molar-refractivity contribution in [2.24, 2.45) is 0 Å². The van der Waals surface area contributed by atoms with Gasteiger partial charge in [-0.25, -0.2) is 0 Å². The van der Waals surface area contributed by atoms with E-state index in [9.17, 15) is 18.6 Å². The molecule has 0 saturated carbocycles. The molecule has 2 aliphatic heterocycles. The van der Waals surface area contributed by atoms with Gasteiger partial charge in [0.2, 0.25) is 0 Å². The summed E-state index contributed by atoms with van der Waals surface area (Å²) in [7, 11) is -3.95. The third-order valence-electron chi connectivity index (χ3n) is 5.67. The smallest absolute Gasteiger partial charge is 0.315 e. The van der Waals surface area contributed by atoms with Crippen LogP contribution in [0.25, 0.3) is 11.1 Å². The van der Waals surface area contributed by atoms with Crippen molar-refractivity contribution in [3.8, 4) is 17.2 Å². The van der Waals surface area contributed by atoms with E-state index >= 15 is 0 Å². The Hall–Kier alpha value is -3.29. The Balaban J connectivity index is 1.58. The van der Waals surface area contributed by atoms with Gasteiger partial charge in [-0.05, 0) is 58.7 Å². The average molecular weight is 436 g/mol. The van der Waals surface area contributed by atoms with E-state index in [0.717, 1.165) is 22.3 Å². The van der Waals surface area contributed by atoms with Crippen molar-refractivity contribution in [1.29, 1.82) is 0 Å². The molecule has 2 N–H and O–H groups in total. The highest BCUT2D eigenvalue weighted by Crippen LogP contribution is 2.51. The first-order valence-electron chi connectivity index (χ1n) is 9.89. The van der Waals surface area contributed by atoms with Gasteiger partial charge in [0.25, 0.3) is 0 Å². The summed E-state index contributed by atoms with van der Waals surface area (Å²) in [5, 5.41) is 18.5. The molecule has 1 fully saturated rings. The first-order valence-corrected chi connectivity index (χ1v) is 11.4. The van der Waals surface area contributed by atoms with Gasteiger partial charge in [0.15, 0.2) is 0 Å². The molecule has 1 unspecified atom stereocenters. The zero-order chi connectivity index (χ0) is 21.6. The topological polar surface area (TPSA) is 93.1 Å². The van der Waals surface area contributed by atoms with E-state index in [4.69, 9.17) is 8.92 Å². The van der Waals surface area contributed by atoms with Gasteiger partial charge in [-0.15, -0.1) is 0 Å². The second-order valence-corrected chi connectivity index (χ2v) is 9.39. The second-order valence-electron chi connectivity index (χ2n) is 7.63. The van der Waals surface area contributed by atoms with E-state index < -0.39 is 27.6 Å². The summed E-state index contributed by atoms with van der Waals surface area (Å²) in [6.07, 6.45) is -0.845. The molecular weight excluding hydrogens is 416 g/mol. The maximum atomic E-state index is 13.1. The predicted octanol–water partition coefficient (Wildman–Crippen LogP) is 3.96. The fourth-order valence-corrected chi connectivity index (χ4v) is 5.72. The van der Waals surface area contributed by atoms with Crippen LogP contribution in [-0.2, 0) is 14.9 Å². The number of hydrogen-bond donors (Lipinski definition) is 2. The standard InChI is InChI=1S/C24H20O6S/c25-17-10-6-15(7-11-17)22-20-14-21(31(27,28)30-19-4-2-1-3-5-19)24(29-20)23(22)16-8-12-18(26)13-9-16/h1-13,20-21,24-26H,14H2/t20-,21?,24+/m1/s1. The van der Waals surface area contributed by atoms with Gasteiger partial charge in [-0.2, -0.15) is 8.42 Å². The minimum absolute atomic E-state index is 0.121. The van der Waals surface area contributed by atoms with Crippen LogP contribution in [0, 0.1) is 0 Å². The van der Waals surface area contributed by atoms with E-state index in [2.05, 4.69) is 0 Å². The molecule has 0 aromatic heterocycles. The van der Waals surface area contributed by atoms with Gasteiger partial charge >= 0.3 is 10.1 Å². The molecule has 7 heteroatoms. The molecule has 3 atom stereocenters. The number of aromatic hydroxyl groups is 2. The summed E-state index contributed by atoms with van der Waals surface area (Å²) in [5.74, 6) is 0.534. The van der Waals surface area contributed by atoms with E-state index in [-0.39, 0.29) is 23.7 Å². The summed E-state index contributed by atoms with van der Waals surface area (Å²) in [6.45, 7) is 0. The number of rotatable bonds is 5. The molecule has 2 heterocycles. The number of phenols is 2. The number of hydrogen-bond acceptors (Lipinski definition) is 6. The number of ether oxygens (including phenoxy) is 1. The van der Waals surface area contributed by atoms with Crippen molar-refractivity contribution >= 4 is 21.3 Å². The molecule has 6 nitrogen and oxygen atoms in total. The van der Waals surface area contributed by atoms with Gasteiger partial charge in [0.1, 0.15) is 28.6 Å². The Morgan fingerprint density at radius 1 is 0.774 bits per heavy atom. The maximum Gasteiger partial charge on any atom is 0.315 e. The second kappa shape index (κ2) is 7.44. The predicted molar refractivity (Wildman–Crippen MR) is 116 cm³/mol. The summed E-state index contributed by atoms with van der Waals surface area (Å²) in [5.41, 5.74) is 3.27.